The molecule has 2 N–H and O–H groups in total. The van der Waals surface area contributed by atoms with Gasteiger partial charge in [0.2, 0.25) is 0 Å². The number of rotatable bonds is 2. The molecule has 2 rings (SSSR count). The highest BCUT2D eigenvalue weighted by atomic mass is 35.5. The fraction of sp³-hybridized carbons (Fsp3) is 0.0833. The third-order valence-corrected chi connectivity index (χ3v) is 3.21. The first-order valence-electron chi connectivity index (χ1n) is 5.46. The van der Waals surface area contributed by atoms with Gasteiger partial charge in [-0.05, 0) is 18.2 Å². The van der Waals surface area contributed by atoms with Crippen LogP contribution < -0.4 is 10.6 Å². The van der Waals surface area contributed by atoms with Crippen LogP contribution in [0.15, 0.2) is 24.4 Å². The summed E-state index contributed by atoms with van der Waals surface area (Å²) in [6, 6.07) is 6.14. The molecule has 0 bridgehead atoms. The van der Waals surface area contributed by atoms with Crippen LogP contribution in [0, 0.1) is 11.3 Å². The molecule has 0 saturated carbocycles. The number of hydrogen-bond acceptors (Lipinski definition) is 3. The van der Waals surface area contributed by atoms with Crippen LogP contribution in [-0.4, -0.2) is 15.8 Å². The van der Waals surface area contributed by atoms with Gasteiger partial charge in [-0.1, -0.05) is 23.2 Å². The van der Waals surface area contributed by atoms with Crippen molar-refractivity contribution in [3.8, 4) is 6.07 Å². The van der Waals surface area contributed by atoms with Gasteiger partial charge in [-0.25, -0.2) is 4.79 Å². The zero-order chi connectivity index (χ0) is 14.7. The van der Waals surface area contributed by atoms with Crippen molar-refractivity contribution in [2.24, 2.45) is 7.05 Å². The number of carbonyl (C=O) groups is 1. The van der Waals surface area contributed by atoms with Crippen molar-refractivity contribution in [2.45, 2.75) is 0 Å². The lowest BCUT2D eigenvalue weighted by Gasteiger charge is -2.08. The van der Waals surface area contributed by atoms with E-state index in [1.807, 2.05) is 6.07 Å². The van der Waals surface area contributed by atoms with Gasteiger partial charge in [0.1, 0.15) is 17.5 Å². The molecule has 0 saturated heterocycles. The Kier molecular flexibility index (Phi) is 4.13. The highest BCUT2D eigenvalue weighted by Gasteiger charge is 2.12. The van der Waals surface area contributed by atoms with E-state index in [9.17, 15) is 4.79 Å². The first-order valence-corrected chi connectivity index (χ1v) is 6.22. The number of nitriles is 1. The van der Waals surface area contributed by atoms with E-state index in [0.29, 0.717) is 21.6 Å². The maximum Gasteiger partial charge on any atom is 0.324 e. The summed E-state index contributed by atoms with van der Waals surface area (Å²) in [6.07, 6.45) is 1.37. The zero-order valence-corrected chi connectivity index (χ0v) is 11.8. The quantitative estimate of drug-likeness (QED) is 0.893. The lowest BCUT2D eigenvalue weighted by molar-refractivity contribution is 0.262. The van der Waals surface area contributed by atoms with Gasteiger partial charge in [-0.3, -0.25) is 10.00 Å². The molecule has 0 fully saturated rings. The molecule has 102 valence electrons. The standard InChI is InChI=1S/C12H9Cl2N5O/c1-19-11(7(5-15)6-16-19)18-12(20)17-8-2-3-9(13)10(14)4-8/h2-4,6H,1H3,(H2,17,18,20). The van der Waals surface area contributed by atoms with Crippen molar-refractivity contribution < 1.29 is 4.79 Å². The average Bonchev–Trinajstić information content (AvgIpc) is 2.75. The summed E-state index contributed by atoms with van der Waals surface area (Å²) >= 11 is 11.6. The highest BCUT2D eigenvalue weighted by Crippen LogP contribution is 2.25. The molecule has 0 spiro atoms. The lowest BCUT2D eigenvalue weighted by atomic mass is 10.3. The summed E-state index contributed by atoms with van der Waals surface area (Å²) in [4.78, 5) is 11.8. The van der Waals surface area contributed by atoms with E-state index in [-0.39, 0.29) is 5.56 Å². The van der Waals surface area contributed by atoms with Crippen LogP contribution in [0.25, 0.3) is 0 Å². The fourth-order valence-electron chi connectivity index (χ4n) is 1.51. The monoisotopic (exact) mass is 309 g/mol. The number of nitrogens with one attached hydrogen (secondary N) is 2. The Bertz CT molecular complexity index is 704. The minimum absolute atomic E-state index is 0.275. The first-order chi connectivity index (χ1) is 9.51. The number of aryl methyl sites for hydroxylation is 1. The van der Waals surface area contributed by atoms with E-state index < -0.39 is 6.03 Å². The molecule has 1 aromatic heterocycles. The van der Waals surface area contributed by atoms with Gasteiger partial charge >= 0.3 is 6.03 Å². The molecule has 6 nitrogen and oxygen atoms in total. The molecule has 20 heavy (non-hydrogen) atoms. The Hall–Kier alpha value is -2.23. The molecule has 8 heteroatoms. The van der Waals surface area contributed by atoms with E-state index in [4.69, 9.17) is 28.5 Å². The SMILES string of the molecule is Cn1ncc(C#N)c1NC(=O)Nc1ccc(Cl)c(Cl)c1. The summed E-state index contributed by atoms with van der Waals surface area (Å²) < 4.78 is 1.40. The second kappa shape index (κ2) is 5.82. The van der Waals surface area contributed by atoms with Crippen molar-refractivity contribution in [1.29, 1.82) is 5.26 Å². The topological polar surface area (TPSA) is 82.7 Å². The second-order valence-corrected chi connectivity index (χ2v) is 4.66. The van der Waals surface area contributed by atoms with Crippen molar-refractivity contribution in [1.82, 2.24) is 9.78 Å². The van der Waals surface area contributed by atoms with Gasteiger partial charge in [-0.2, -0.15) is 10.4 Å². The molecule has 2 amide bonds. The van der Waals surface area contributed by atoms with Crippen LogP contribution >= 0.6 is 23.2 Å². The number of aromatic nitrogens is 2. The second-order valence-electron chi connectivity index (χ2n) is 3.85. The molecule has 1 heterocycles. The van der Waals surface area contributed by atoms with Crippen LogP contribution in [0.2, 0.25) is 10.0 Å². The molecule has 0 atom stereocenters. The van der Waals surface area contributed by atoms with Gasteiger partial charge in [0.15, 0.2) is 0 Å². The zero-order valence-electron chi connectivity index (χ0n) is 10.3. The minimum atomic E-state index is -0.511. The maximum atomic E-state index is 11.8. The normalized spacial score (nSPS) is 9.90. The summed E-state index contributed by atoms with van der Waals surface area (Å²) in [5.41, 5.74) is 0.759. The Morgan fingerprint density at radius 1 is 1.35 bits per heavy atom. The van der Waals surface area contributed by atoms with Gasteiger partial charge in [0.05, 0.1) is 16.2 Å². The van der Waals surface area contributed by atoms with Crippen LogP contribution in [0.3, 0.4) is 0 Å². The summed E-state index contributed by atoms with van der Waals surface area (Å²) in [7, 11) is 1.62. The largest absolute Gasteiger partial charge is 0.324 e. The van der Waals surface area contributed by atoms with Gasteiger partial charge < -0.3 is 5.32 Å². The number of anilines is 2. The predicted molar refractivity (Wildman–Crippen MR) is 77.0 cm³/mol. The van der Waals surface area contributed by atoms with E-state index in [2.05, 4.69) is 15.7 Å². The van der Waals surface area contributed by atoms with Gasteiger partial charge in [0.25, 0.3) is 0 Å². The lowest BCUT2D eigenvalue weighted by Crippen LogP contribution is -2.21. The molecule has 1 aromatic carbocycles. The minimum Gasteiger partial charge on any atom is -0.308 e. The van der Waals surface area contributed by atoms with Crippen LogP contribution in [0.4, 0.5) is 16.3 Å². The van der Waals surface area contributed by atoms with E-state index in [1.165, 1.54) is 16.9 Å². The molecular formula is C12H9Cl2N5O. The molecule has 0 unspecified atom stereocenters. The molecular weight excluding hydrogens is 301 g/mol. The fourth-order valence-corrected chi connectivity index (χ4v) is 1.81. The number of nitrogens with zero attached hydrogens (tertiary/aromatic N) is 3. The van der Waals surface area contributed by atoms with Crippen LogP contribution in [-0.2, 0) is 7.05 Å². The van der Waals surface area contributed by atoms with Gasteiger partial charge in [0, 0.05) is 12.7 Å². The summed E-state index contributed by atoms with van der Waals surface area (Å²) in [5.74, 6) is 0.310. The Morgan fingerprint density at radius 2 is 2.10 bits per heavy atom. The number of hydrogen-bond donors (Lipinski definition) is 2. The molecule has 0 aliphatic heterocycles. The maximum absolute atomic E-state index is 11.8. The highest BCUT2D eigenvalue weighted by molar-refractivity contribution is 6.42. The molecule has 0 aliphatic carbocycles. The Labute approximate surface area is 124 Å². The smallest absolute Gasteiger partial charge is 0.308 e. The van der Waals surface area contributed by atoms with E-state index in [1.54, 1.807) is 19.2 Å². The van der Waals surface area contributed by atoms with Crippen molar-refractivity contribution in [3.05, 3.63) is 40.0 Å². The van der Waals surface area contributed by atoms with E-state index >= 15 is 0 Å². The van der Waals surface area contributed by atoms with Crippen LogP contribution in [0.1, 0.15) is 5.56 Å². The average molecular weight is 310 g/mol. The number of benzene rings is 1. The van der Waals surface area contributed by atoms with Gasteiger partial charge in [-0.15, -0.1) is 0 Å². The third-order valence-electron chi connectivity index (χ3n) is 2.47. The van der Waals surface area contributed by atoms with Crippen molar-refractivity contribution >= 4 is 40.7 Å². The van der Waals surface area contributed by atoms with E-state index in [0.717, 1.165) is 0 Å². The number of amides is 2. The van der Waals surface area contributed by atoms with Crippen molar-refractivity contribution in [2.75, 3.05) is 10.6 Å². The predicted octanol–water partition coefficient (Wildman–Crippen LogP) is 3.24. The number of halogens is 2. The number of urea groups is 1. The number of carbonyl (C=O) groups excluding carboxylic acids is 1. The third kappa shape index (κ3) is 3.02. The molecule has 0 aliphatic rings. The summed E-state index contributed by atoms with van der Waals surface area (Å²) in [5, 5.41) is 18.6. The Morgan fingerprint density at radius 3 is 2.75 bits per heavy atom. The first kappa shape index (κ1) is 14.2. The summed E-state index contributed by atoms with van der Waals surface area (Å²) in [6.45, 7) is 0. The molecule has 0 radical (unpaired) electrons. The Balaban J connectivity index is 2.11. The van der Waals surface area contributed by atoms with Crippen molar-refractivity contribution in [3.63, 3.8) is 0 Å². The molecule has 2 aromatic rings. The van der Waals surface area contributed by atoms with Crippen LogP contribution in [0.5, 0.6) is 0 Å².